The molecular formula is C13H22N2O. The number of likely N-dealkylation sites (tertiary alicyclic amines) is 1. The summed E-state index contributed by atoms with van der Waals surface area (Å²) in [6.45, 7) is 7.76. The Morgan fingerprint density at radius 2 is 2.12 bits per heavy atom. The second-order valence-electron chi connectivity index (χ2n) is 4.58. The van der Waals surface area contributed by atoms with Crippen LogP contribution in [-0.2, 0) is 6.54 Å². The maximum Gasteiger partial charge on any atom is 0.105 e. The summed E-state index contributed by atoms with van der Waals surface area (Å²) in [6.07, 6.45) is 5.93. The van der Waals surface area contributed by atoms with Crippen molar-refractivity contribution in [3.63, 3.8) is 0 Å². The summed E-state index contributed by atoms with van der Waals surface area (Å²) in [5.74, 6) is 1.03. The van der Waals surface area contributed by atoms with E-state index in [4.69, 9.17) is 4.42 Å². The van der Waals surface area contributed by atoms with E-state index in [9.17, 15) is 0 Å². The van der Waals surface area contributed by atoms with Gasteiger partial charge in [-0.15, -0.1) is 0 Å². The standard InChI is InChI=1S/C13H22N2O/c1-12-13(5-10-16-12)11-14-6-9-15-7-3-2-4-8-15/h5,10,14H,2-4,6-9,11H2,1H3. The van der Waals surface area contributed by atoms with Crippen molar-refractivity contribution in [2.45, 2.75) is 32.7 Å². The number of hydrogen-bond donors (Lipinski definition) is 1. The van der Waals surface area contributed by atoms with Crippen LogP contribution in [0.4, 0.5) is 0 Å². The Bertz CT molecular complexity index is 303. The summed E-state index contributed by atoms with van der Waals surface area (Å²) in [5, 5.41) is 3.47. The van der Waals surface area contributed by atoms with Crippen molar-refractivity contribution in [3.8, 4) is 0 Å². The topological polar surface area (TPSA) is 28.4 Å². The number of rotatable bonds is 5. The van der Waals surface area contributed by atoms with Crippen LogP contribution >= 0.6 is 0 Å². The number of piperidine rings is 1. The first-order valence-electron chi connectivity index (χ1n) is 6.32. The summed E-state index contributed by atoms with van der Waals surface area (Å²) in [4.78, 5) is 2.55. The van der Waals surface area contributed by atoms with E-state index in [1.54, 1.807) is 6.26 Å². The molecule has 1 N–H and O–H groups in total. The lowest BCUT2D eigenvalue weighted by Gasteiger charge is -2.26. The number of nitrogens with one attached hydrogen (secondary N) is 1. The molecule has 0 unspecified atom stereocenters. The number of nitrogens with zero attached hydrogens (tertiary/aromatic N) is 1. The van der Waals surface area contributed by atoms with Gasteiger partial charge in [-0.2, -0.15) is 0 Å². The van der Waals surface area contributed by atoms with E-state index < -0.39 is 0 Å². The normalized spacial score (nSPS) is 17.8. The largest absolute Gasteiger partial charge is 0.469 e. The van der Waals surface area contributed by atoms with E-state index in [0.717, 1.165) is 18.8 Å². The Balaban J connectivity index is 1.59. The smallest absolute Gasteiger partial charge is 0.105 e. The van der Waals surface area contributed by atoms with Crippen LogP contribution in [0.2, 0.25) is 0 Å². The molecule has 1 aromatic rings. The first-order chi connectivity index (χ1) is 7.86. The van der Waals surface area contributed by atoms with Gasteiger partial charge in [0.05, 0.1) is 6.26 Å². The van der Waals surface area contributed by atoms with Gasteiger partial charge in [-0.1, -0.05) is 6.42 Å². The summed E-state index contributed by atoms with van der Waals surface area (Å²) < 4.78 is 5.26. The quantitative estimate of drug-likeness (QED) is 0.774. The first-order valence-corrected chi connectivity index (χ1v) is 6.32. The molecule has 3 heteroatoms. The molecule has 2 rings (SSSR count). The highest BCUT2D eigenvalue weighted by Crippen LogP contribution is 2.09. The maximum atomic E-state index is 5.26. The summed E-state index contributed by atoms with van der Waals surface area (Å²) >= 11 is 0. The molecule has 0 spiro atoms. The Kier molecular flexibility index (Phi) is 4.43. The molecule has 0 aliphatic carbocycles. The molecule has 0 saturated carbocycles. The number of furan rings is 1. The van der Waals surface area contributed by atoms with Gasteiger partial charge in [0, 0.05) is 25.2 Å². The van der Waals surface area contributed by atoms with Crippen LogP contribution in [0.1, 0.15) is 30.6 Å². The van der Waals surface area contributed by atoms with E-state index in [1.165, 1.54) is 44.5 Å². The average Bonchev–Trinajstić information content (AvgIpc) is 2.72. The minimum absolute atomic E-state index is 0.927. The fourth-order valence-electron chi connectivity index (χ4n) is 2.24. The highest BCUT2D eigenvalue weighted by molar-refractivity contribution is 5.14. The van der Waals surface area contributed by atoms with Crippen molar-refractivity contribution in [1.29, 1.82) is 0 Å². The molecule has 1 aromatic heterocycles. The van der Waals surface area contributed by atoms with Crippen molar-refractivity contribution < 1.29 is 4.42 Å². The Morgan fingerprint density at radius 3 is 2.81 bits per heavy atom. The Morgan fingerprint density at radius 1 is 1.31 bits per heavy atom. The molecule has 1 saturated heterocycles. The zero-order valence-corrected chi connectivity index (χ0v) is 10.2. The van der Waals surface area contributed by atoms with Gasteiger partial charge >= 0.3 is 0 Å². The van der Waals surface area contributed by atoms with Gasteiger partial charge in [0.15, 0.2) is 0 Å². The van der Waals surface area contributed by atoms with Gasteiger partial charge < -0.3 is 14.6 Å². The fraction of sp³-hybridized carbons (Fsp3) is 0.692. The van der Waals surface area contributed by atoms with E-state index in [1.807, 2.05) is 13.0 Å². The van der Waals surface area contributed by atoms with Gasteiger partial charge in [-0.25, -0.2) is 0 Å². The second kappa shape index (κ2) is 6.06. The molecule has 1 aliphatic heterocycles. The van der Waals surface area contributed by atoms with Gasteiger partial charge in [0.1, 0.15) is 5.76 Å². The zero-order valence-electron chi connectivity index (χ0n) is 10.2. The summed E-state index contributed by atoms with van der Waals surface area (Å²) in [5.41, 5.74) is 1.28. The summed E-state index contributed by atoms with van der Waals surface area (Å²) in [7, 11) is 0. The van der Waals surface area contributed by atoms with Gasteiger partial charge in [-0.3, -0.25) is 0 Å². The predicted molar refractivity (Wildman–Crippen MR) is 65.4 cm³/mol. The van der Waals surface area contributed by atoms with Crippen LogP contribution in [0.15, 0.2) is 16.7 Å². The minimum atomic E-state index is 0.927. The van der Waals surface area contributed by atoms with Crippen LogP contribution in [-0.4, -0.2) is 31.1 Å². The molecule has 0 aromatic carbocycles. The van der Waals surface area contributed by atoms with Crippen LogP contribution in [0.5, 0.6) is 0 Å². The molecule has 0 bridgehead atoms. The molecule has 1 aliphatic rings. The van der Waals surface area contributed by atoms with Crippen molar-refractivity contribution in [2.24, 2.45) is 0 Å². The summed E-state index contributed by atoms with van der Waals surface area (Å²) in [6, 6.07) is 2.04. The number of hydrogen-bond acceptors (Lipinski definition) is 3. The molecule has 2 heterocycles. The van der Waals surface area contributed by atoms with E-state index in [2.05, 4.69) is 10.2 Å². The molecule has 16 heavy (non-hydrogen) atoms. The molecule has 3 nitrogen and oxygen atoms in total. The third-order valence-corrected chi connectivity index (χ3v) is 3.34. The highest BCUT2D eigenvalue weighted by Gasteiger charge is 2.08. The van der Waals surface area contributed by atoms with Crippen LogP contribution in [0.25, 0.3) is 0 Å². The third-order valence-electron chi connectivity index (χ3n) is 3.34. The Hall–Kier alpha value is -0.800. The third kappa shape index (κ3) is 3.35. The first kappa shape index (κ1) is 11.7. The molecule has 0 radical (unpaired) electrons. The van der Waals surface area contributed by atoms with E-state index in [-0.39, 0.29) is 0 Å². The van der Waals surface area contributed by atoms with E-state index >= 15 is 0 Å². The van der Waals surface area contributed by atoms with Crippen molar-refractivity contribution in [1.82, 2.24) is 10.2 Å². The lowest BCUT2D eigenvalue weighted by Crippen LogP contribution is -2.35. The molecular weight excluding hydrogens is 200 g/mol. The van der Waals surface area contributed by atoms with E-state index in [0.29, 0.717) is 0 Å². The lowest BCUT2D eigenvalue weighted by molar-refractivity contribution is 0.229. The number of aryl methyl sites for hydroxylation is 1. The van der Waals surface area contributed by atoms with Crippen molar-refractivity contribution >= 4 is 0 Å². The van der Waals surface area contributed by atoms with Crippen LogP contribution in [0, 0.1) is 6.92 Å². The molecule has 1 fully saturated rings. The second-order valence-corrected chi connectivity index (χ2v) is 4.58. The molecule has 0 amide bonds. The van der Waals surface area contributed by atoms with Gasteiger partial charge in [0.2, 0.25) is 0 Å². The zero-order chi connectivity index (χ0) is 11.2. The van der Waals surface area contributed by atoms with Crippen molar-refractivity contribution in [3.05, 3.63) is 23.7 Å². The highest BCUT2D eigenvalue weighted by atomic mass is 16.3. The Labute approximate surface area is 97.8 Å². The van der Waals surface area contributed by atoms with Gasteiger partial charge in [0.25, 0.3) is 0 Å². The van der Waals surface area contributed by atoms with Gasteiger partial charge in [-0.05, 0) is 38.9 Å². The predicted octanol–water partition coefficient (Wildman–Crippen LogP) is 2.16. The van der Waals surface area contributed by atoms with Crippen molar-refractivity contribution in [2.75, 3.05) is 26.2 Å². The molecule has 0 atom stereocenters. The molecule has 90 valence electrons. The minimum Gasteiger partial charge on any atom is -0.469 e. The lowest BCUT2D eigenvalue weighted by atomic mass is 10.1. The SMILES string of the molecule is Cc1occc1CNCCN1CCCCC1. The fourth-order valence-corrected chi connectivity index (χ4v) is 2.24. The average molecular weight is 222 g/mol. The van der Waals surface area contributed by atoms with Crippen LogP contribution in [0.3, 0.4) is 0 Å². The maximum absolute atomic E-state index is 5.26. The van der Waals surface area contributed by atoms with Crippen LogP contribution < -0.4 is 5.32 Å². The monoisotopic (exact) mass is 222 g/mol.